The molecular weight excluding hydrogens is 236 g/mol. The van der Waals surface area contributed by atoms with Crippen LogP contribution in [0, 0.1) is 0 Å². The van der Waals surface area contributed by atoms with Crippen LogP contribution in [0.5, 0.6) is 5.75 Å². The molecule has 0 aliphatic heterocycles. The first-order valence-electron chi connectivity index (χ1n) is 7.16. The Bertz CT molecular complexity index is 335. The zero-order valence-corrected chi connectivity index (χ0v) is 12.8. The van der Waals surface area contributed by atoms with Crippen LogP contribution in [0.25, 0.3) is 0 Å². The number of nitrogens with zero attached hydrogens (tertiary/aromatic N) is 1. The van der Waals surface area contributed by atoms with E-state index in [1.54, 1.807) is 7.11 Å². The minimum atomic E-state index is 0.567. The number of likely N-dealkylation sites (N-methyl/N-ethyl adjacent to an activating group) is 1. The quantitative estimate of drug-likeness (QED) is 0.742. The van der Waals surface area contributed by atoms with Crippen molar-refractivity contribution in [2.75, 3.05) is 34.3 Å². The predicted molar refractivity (Wildman–Crippen MR) is 82.0 cm³/mol. The first kappa shape index (κ1) is 16.0. The molecule has 0 spiro atoms. The molecule has 3 nitrogen and oxygen atoms in total. The largest absolute Gasteiger partial charge is 0.497 e. The molecule has 1 aromatic carbocycles. The van der Waals surface area contributed by atoms with Gasteiger partial charge in [0.1, 0.15) is 5.75 Å². The molecule has 0 aliphatic carbocycles. The van der Waals surface area contributed by atoms with Gasteiger partial charge in [-0.05, 0) is 57.6 Å². The van der Waals surface area contributed by atoms with Crippen LogP contribution in [0.2, 0.25) is 0 Å². The lowest BCUT2D eigenvalue weighted by Crippen LogP contribution is -2.39. The summed E-state index contributed by atoms with van der Waals surface area (Å²) in [6, 6.07) is 8.96. The van der Waals surface area contributed by atoms with Crippen LogP contribution in [0.15, 0.2) is 24.3 Å². The Morgan fingerprint density at radius 2 is 1.89 bits per heavy atom. The molecular formula is C16H28N2O. The lowest BCUT2D eigenvalue weighted by molar-refractivity contribution is 0.326. The lowest BCUT2D eigenvalue weighted by Gasteiger charge is -2.22. The number of hydrogen-bond donors (Lipinski definition) is 1. The predicted octanol–water partition coefficient (Wildman–Crippen LogP) is 2.56. The van der Waals surface area contributed by atoms with Crippen molar-refractivity contribution in [3.8, 4) is 5.75 Å². The zero-order chi connectivity index (χ0) is 14.1. The summed E-state index contributed by atoms with van der Waals surface area (Å²) in [5.74, 6) is 0.928. The average molecular weight is 264 g/mol. The summed E-state index contributed by atoms with van der Waals surface area (Å²) in [7, 11) is 5.97. The fourth-order valence-electron chi connectivity index (χ4n) is 2.18. The second kappa shape index (κ2) is 8.94. The Balaban J connectivity index is 2.44. The van der Waals surface area contributed by atoms with Crippen molar-refractivity contribution in [1.82, 2.24) is 10.2 Å². The molecule has 1 unspecified atom stereocenters. The van der Waals surface area contributed by atoms with Crippen LogP contribution in [-0.2, 0) is 6.42 Å². The molecule has 0 heterocycles. The SMILES string of the molecule is CCCNC(CCc1ccc(OC)cc1)CN(C)C. The molecule has 1 rings (SSSR count). The molecule has 108 valence electrons. The molecule has 0 amide bonds. The van der Waals surface area contributed by atoms with E-state index in [1.165, 1.54) is 18.4 Å². The fraction of sp³-hybridized carbons (Fsp3) is 0.625. The number of nitrogens with one attached hydrogen (secondary N) is 1. The van der Waals surface area contributed by atoms with Crippen LogP contribution in [-0.4, -0.2) is 45.2 Å². The molecule has 0 bridgehead atoms. The molecule has 0 radical (unpaired) electrons. The monoisotopic (exact) mass is 264 g/mol. The van der Waals surface area contributed by atoms with Crippen LogP contribution in [0.4, 0.5) is 0 Å². The van der Waals surface area contributed by atoms with Crippen molar-refractivity contribution < 1.29 is 4.74 Å². The van der Waals surface area contributed by atoms with Gasteiger partial charge in [0.05, 0.1) is 7.11 Å². The van der Waals surface area contributed by atoms with Gasteiger partial charge < -0.3 is 15.0 Å². The average Bonchev–Trinajstić information content (AvgIpc) is 2.42. The Morgan fingerprint density at radius 1 is 1.21 bits per heavy atom. The smallest absolute Gasteiger partial charge is 0.118 e. The van der Waals surface area contributed by atoms with Gasteiger partial charge in [-0.1, -0.05) is 19.1 Å². The molecule has 1 atom stereocenters. The Morgan fingerprint density at radius 3 is 2.42 bits per heavy atom. The molecule has 0 aromatic heterocycles. The van der Waals surface area contributed by atoms with Gasteiger partial charge in [-0.3, -0.25) is 0 Å². The van der Waals surface area contributed by atoms with Crippen molar-refractivity contribution in [3.63, 3.8) is 0 Å². The van der Waals surface area contributed by atoms with E-state index in [-0.39, 0.29) is 0 Å². The first-order valence-corrected chi connectivity index (χ1v) is 7.16. The third kappa shape index (κ3) is 6.60. The highest BCUT2D eigenvalue weighted by molar-refractivity contribution is 5.27. The number of methoxy groups -OCH3 is 1. The molecule has 0 saturated carbocycles. The maximum absolute atomic E-state index is 5.18. The molecule has 1 N–H and O–H groups in total. The summed E-state index contributed by atoms with van der Waals surface area (Å²) >= 11 is 0. The second-order valence-electron chi connectivity index (χ2n) is 5.30. The second-order valence-corrected chi connectivity index (χ2v) is 5.30. The number of benzene rings is 1. The van der Waals surface area contributed by atoms with Gasteiger partial charge in [-0.15, -0.1) is 0 Å². The molecule has 1 aromatic rings. The van der Waals surface area contributed by atoms with Crippen molar-refractivity contribution in [2.24, 2.45) is 0 Å². The Labute approximate surface area is 118 Å². The minimum Gasteiger partial charge on any atom is -0.497 e. The lowest BCUT2D eigenvalue weighted by atomic mass is 10.0. The number of aryl methyl sites for hydroxylation is 1. The highest BCUT2D eigenvalue weighted by Crippen LogP contribution is 2.13. The van der Waals surface area contributed by atoms with E-state index in [9.17, 15) is 0 Å². The van der Waals surface area contributed by atoms with Crippen LogP contribution < -0.4 is 10.1 Å². The van der Waals surface area contributed by atoms with E-state index in [4.69, 9.17) is 4.74 Å². The summed E-state index contributed by atoms with van der Waals surface area (Å²) in [5.41, 5.74) is 1.38. The Hall–Kier alpha value is -1.06. The molecule has 19 heavy (non-hydrogen) atoms. The molecule has 0 fully saturated rings. The topological polar surface area (TPSA) is 24.5 Å². The summed E-state index contributed by atoms with van der Waals surface area (Å²) in [5, 5.41) is 3.63. The number of rotatable bonds is 9. The minimum absolute atomic E-state index is 0.567. The first-order chi connectivity index (χ1) is 9.15. The number of hydrogen-bond acceptors (Lipinski definition) is 3. The summed E-state index contributed by atoms with van der Waals surface area (Å²) < 4.78 is 5.18. The summed E-state index contributed by atoms with van der Waals surface area (Å²) in [6.07, 6.45) is 3.47. The molecule has 0 aliphatic rings. The van der Waals surface area contributed by atoms with Gasteiger partial charge in [-0.2, -0.15) is 0 Å². The normalized spacial score (nSPS) is 12.7. The highest BCUT2D eigenvalue weighted by Gasteiger charge is 2.09. The van der Waals surface area contributed by atoms with Gasteiger partial charge in [-0.25, -0.2) is 0 Å². The zero-order valence-electron chi connectivity index (χ0n) is 12.8. The van der Waals surface area contributed by atoms with Crippen molar-refractivity contribution >= 4 is 0 Å². The fourth-order valence-corrected chi connectivity index (χ4v) is 2.18. The maximum atomic E-state index is 5.18. The van der Waals surface area contributed by atoms with Gasteiger partial charge >= 0.3 is 0 Å². The van der Waals surface area contributed by atoms with Gasteiger partial charge in [0.2, 0.25) is 0 Å². The summed E-state index contributed by atoms with van der Waals surface area (Å²) in [6.45, 7) is 4.40. The Kier molecular flexibility index (Phi) is 7.53. The number of ether oxygens (including phenoxy) is 1. The van der Waals surface area contributed by atoms with E-state index in [0.29, 0.717) is 6.04 Å². The van der Waals surface area contributed by atoms with E-state index < -0.39 is 0 Å². The van der Waals surface area contributed by atoms with Gasteiger partial charge in [0.25, 0.3) is 0 Å². The van der Waals surface area contributed by atoms with Crippen LogP contribution in [0.1, 0.15) is 25.3 Å². The van der Waals surface area contributed by atoms with Gasteiger partial charge in [0, 0.05) is 12.6 Å². The van der Waals surface area contributed by atoms with Crippen molar-refractivity contribution in [1.29, 1.82) is 0 Å². The molecule has 0 saturated heterocycles. The van der Waals surface area contributed by atoms with E-state index in [0.717, 1.165) is 25.3 Å². The van der Waals surface area contributed by atoms with Crippen LogP contribution in [0.3, 0.4) is 0 Å². The molecule has 3 heteroatoms. The van der Waals surface area contributed by atoms with Crippen molar-refractivity contribution in [3.05, 3.63) is 29.8 Å². The third-order valence-electron chi connectivity index (χ3n) is 3.21. The van der Waals surface area contributed by atoms with E-state index in [2.05, 4.69) is 43.4 Å². The van der Waals surface area contributed by atoms with Gasteiger partial charge in [0.15, 0.2) is 0 Å². The summed E-state index contributed by atoms with van der Waals surface area (Å²) in [4.78, 5) is 2.25. The van der Waals surface area contributed by atoms with E-state index >= 15 is 0 Å². The van der Waals surface area contributed by atoms with Crippen molar-refractivity contribution in [2.45, 2.75) is 32.2 Å². The third-order valence-corrected chi connectivity index (χ3v) is 3.21. The highest BCUT2D eigenvalue weighted by atomic mass is 16.5. The van der Waals surface area contributed by atoms with E-state index in [1.807, 2.05) is 12.1 Å². The standard InChI is InChI=1S/C16H28N2O/c1-5-12-17-15(13-18(2)3)9-6-14-7-10-16(19-4)11-8-14/h7-8,10-11,15,17H,5-6,9,12-13H2,1-4H3. The van der Waals surface area contributed by atoms with Crippen LogP contribution >= 0.6 is 0 Å². The maximum Gasteiger partial charge on any atom is 0.118 e.